The maximum atomic E-state index is 12.2. The lowest BCUT2D eigenvalue weighted by molar-refractivity contribution is 0.491. The fourth-order valence-corrected chi connectivity index (χ4v) is 6.30. The topological polar surface area (TPSA) is 92.3 Å². The van der Waals surface area contributed by atoms with Crippen LogP contribution in [0.3, 0.4) is 0 Å². The molecule has 10 heteroatoms. The Hall–Kier alpha value is -0.940. The molecule has 0 saturated carbocycles. The van der Waals surface area contributed by atoms with E-state index in [1.807, 2.05) is 0 Å². The maximum Gasteiger partial charge on any atom is 0.271 e. The summed E-state index contributed by atoms with van der Waals surface area (Å²) in [5, 5.41) is 0. The Kier molecular flexibility index (Phi) is 5.46. The van der Waals surface area contributed by atoms with Crippen molar-refractivity contribution in [1.82, 2.24) is 4.72 Å². The highest BCUT2D eigenvalue weighted by Gasteiger charge is 2.22. The van der Waals surface area contributed by atoms with Crippen molar-refractivity contribution in [3.63, 3.8) is 0 Å². The van der Waals surface area contributed by atoms with Gasteiger partial charge in [0.1, 0.15) is 4.21 Å². The molecule has 2 aromatic rings. The molecule has 0 bridgehead atoms. The molecule has 2 N–H and O–H groups in total. The Morgan fingerprint density at radius 2 is 1.50 bits per heavy atom. The second-order valence-corrected chi connectivity index (χ2v) is 12.1. The highest BCUT2D eigenvalue weighted by molar-refractivity contribution is 9.11. The summed E-state index contributed by atoms with van der Waals surface area (Å²) in [6, 6.07) is 8.68. The summed E-state index contributed by atoms with van der Waals surface area (Å²) in [7, 11) is -7.35. The number of rotatable bonds is 5. The lowest BCUT2D eigenvalue weighted by Crippen LogP contribution is -2.40. The monoisotopic (exact) mass is 452 g/mol. The van der Waals surface area contributed by atoms with E-state index in [9.17, 15) is 16.8 Å². The molecule has 1 aromatic heterocycles. The predicted molar refractivity (Wildman–Crippen MR) is 99.3 cm³/mol. The third kappa shape index (κ3) is 5.03. The zero-order chi connectivity index (χ0) is 18.2. The summed E-state index contributed by atoms with van der Waals surface area (Å²) in [4.78, 5) is 0.0687. The highest BCUT2D eigenvalue weighted by Crippen LogP contribution is 2.28. The number of halogens is 1. The van der Waals surface area contributed by atoms with Crippen LogP contribution in [0, 0.1) is 0 Å². The molecular formula is C14H17BrN2O4S3. The quantitative estimate of drug-likeness (QED) is 0.726. The summed E-state index contributed by atoms with van der Waals surface area (Å²) in [5.74, 6) is 0. The van der Waals surface area contributed by atoms with E-state index in [1.54, 1.807) is 26.8 Å². The van der Waals surface area contributed by atoms with Gasteiger partial charge in [-0.3, -0.25) is 4.72 Å². The predicted octanol–water partition coefficient (Wildman–Crippen LogP) is 3.39. The van der Waals surface area contributed by atoms with E-state index in [0.717, 1.165) is 11.3 Å². The van der Waals surface area contributed by atoms with Gasteiger partial charge in [-0.15, -0.1) is 11.3 Å². The summed E-state index contributed by atoms with van der Waals surface area (Å²) in [6.07, 6.45) is 0. The first kappa shape index (κ1) is 19.4. The fraction of sp³-hybridized carbons (Fsp3) is 0.286. The summed E-state index contributed by atoms with van der Waals surface area (Å²) >= 11 is 4.31. The van der Waals surface area contributed by atoms with E-state index in [1.165, 1.54) is 30.3 Å². The normalized spacial score (nSPS) is 13.0. The Balaban J connectivity index is 2.21. The zero-order valence-corrected chi connectivity index (χ0v) is 17.2. The van der Waals surface area contributed by atoms with Gasteiger partial charge in [0.2, 0.25) is 10.0 Å². The average Bonchev–Trinajstić information content (AvgIpc) is 2.84. The van der Waals surface area contributed by atoms with Crippen LogP contribution in [0.5, 0.6) is 0 Å². The van der Waals surface area contributed by atoms with Crippen LogP contribution in [-0.2, 0) is 20.0 Å². The van der Waals surface area contributed by atoms with Gasteiger partial charge in [0, 0.05) is 11.2 Å². The van der Waals surface area contributed by atoms with Gasteiger partial charge >= 0.3 is 0 Å². The molecule has 1 aromatic carbocycles. The zero-order valence-electron chi connectivity index (χ0n) is 13.2. The van der Waals surface area contributed by atoms with Gasteiger partial charge in [-0.05, 0) is 73.1 Å². The first-order chi connectivity index (χ1) is 10.9. The van der Waals surface area contributed by atoms with Crippen LogP contribution in [0.2, 0.25) is 0 Å². The molecule has 0 spiro atoms. The van der Waals surface area contributed by atoms with Crippen molar-refractivity contribution in [2.24, 2.45) is 0 Å². The lowest BCUT2D eigenvalue weighted by atomic mass is 10.1. The number of sulfonamides is 2. The maximum absolute atomic E-state index is 12.2. The SMILES string of the molecule is CC(C)(C)NS(=O)(=O)c1ccc(NS(=O)(=O)c2ccc(Br)s2)cc1. The van der Waals surface area contributed by atoms with Gasteiger partial charge in [-0.2, -0.15) is 0 Å². The minimum Gasteiger partial charge on any atom is -0.279 e. The Morgan fingerprint density at radius 1 is 0.917 bits per heavy atom. The van der Waals surface area contributed by atoms with Crippen molar-refractivity contribution in [3.8, 4) is 0 Å². The standard InChI is InChI=1S/C14H17BrN2O4S3/c1-14(2,3)17-23(18,19)11-6-4-10(5-7-11)16-24(20,21)13-9-8-12(15)22-13/h4-9,16-17H,1-3H3. The van der Waals surface area contributed by atoms with Crippen molar-refractivity contribution in [2.45, 2.75) is 35.4 Å². The van der Waals surface area contributed by atoms with Gasteiger partial charge in [-0.1, -0.05) is 0 Å². The van der Waals surface area contributed by atoms with Crippen LogP contribution in [0.4, 0.5) is 5.69 Å². The number of benzene rings is 1. The Morgan fingerprint density at radius 3 is 1.96 bits per heavy atom. The molecular weight excluding hydrogens is 436 g/mol. The molecule has 0 saturated heterocycles. The van der Waals surface area contributed by atoms with Gasteiger partial charge in [-0.25, -0.2) is 21.6 Å². The molecule has 0 fully saturated rings. The molecule has 132 valence electrons. The van der Waals surface area contributed by atoms with Gasteiger partial charge in [0.05, 0.1) is 8.68 Å². The fourth-order valence-electron chi connectivity index (χ4n) is 1.81. The van der Waals surface area contributed by atoms with Crippen LogP contribution in [-0.4, -0.2) is 22.4 Å². The second kappa shape index (κ2) is 6.75. The second-order valence-electron chi connectivity index (χ2n) is 6.04. The Bertz CT molecular complexity index is 927. The van der Waals surface area contributed by atoms with Crippen LogP contribution in [0.1, 0.15) is 20.8 Å². The van der Waals surface area contributed by atoms with Crippen LogP contribution in [0.15, 0.2) is 49.3 Å². The van der Waals surface area contributed by atoms with Crippen LogP contribution >= 0.6 is 27.3 Å². The number of thiophene rings is 1. The van der Waals surface area contributed by atoms with Crippen LogP contribution < -0.4 is 9.44 Å². The first-order valence-corrected chi connectivity index (χ1v) is 11.4. The molecule has 1 heterocycles. The molecule has 6 nitrogen and oxygen atoms in total. The average molecular weight is 453 g/mol. The first-order valence-electron chi connectivity index (χ1n) is 6.81. The van der Waals surface area contributed by atoms with E-state index in [2.05, 4.69) is 25.4 Å². The molecule has 0 aliphatic carbocycles. The van der Waals surface area contributed by atoms with Crippen molar-refractivity contribution in [2.75, 3.05) is 4.72 Å². The molecule has 0 atom stereocenters. The number of anilines is 1. The van der Waals surface area contributed by atoms with Crippen molar-refractivity contribution in [1.29, 1.82) is 0 Å². The van der Waals surface area contributed by atoms with Crippen LogP contribution in [0.25, 0.3) is 0 Å². The van der Waals surface area contributed by atoms with Crippen molar-refractivity contribution < 1.29 is 16.8 Å². The molecule has 0 aliphatic heterocycles. The number of hydrogen-bond acceptors (Lipinski definition) is 5. The van der Waals surface area contributed by atoms with Gasteiger partial charge < -0.3 is 0 Å². The minimum absolute atomic E-state index is 0.0687. The lowest BCUT2D eigenvalue weighted by Gasteiger charge is -2.20. The van der Waals surface area contributed by atoms with Gasteiger partial charge in [0.15, 0.2) is 0 Å². The number of nitrogens with one attached hydrogen (secondary N) is 2. The molecule has 2 rings (SSSR count). The van der Waals surface area contributed by atoms with E-state index in [-0.39, 0.29) is 14.8 Å². The summed E-state index contributed by atoms with van der Waals surface area (Å²) < 4.78 is 54.7. The van der Waals surface area contributed by atoms with E-state index in [0.29, 0.717) is 3.79 Å². The van der Waals surface area contributed by atoms with Gasteiger partial charge in [0.25, 0.3) is 10.0 Å². The molecule has 0 amide bonds. The third-order valence-corrected chi connectivity index (χ3v) is 7.94. The summed E-state index contributed by atoms with van der Waals surface area (Å²) in [6.45, 7) is 5.23. The molecule has 0 radical (unpaired) electrons. The highest BCUT2D eigenvalue weighted by atomic mass is 79.9. The molecule has 0 aliphatic rings. The minimum atomic E-state index is -3.70. The summed E-state index contributed by atoms with van der Waals surface area (Å²) in [5.41, 5.74) is -0.319. The van der Waals surface area contributed by atoms with E-state index < -0.39 is 25.6 Å². The third-order valence-electron chi connectivity index (χ3n) is 2.67. The molecule has 24 heavy (non-hydrogen) atoms. The van der Waals surface area contributed by atoms with E-state index >= 15 is 0 Å². The van der Waals surface area contributed by atoms with E-state index in [4.69, 9.17) is 0 Å². The van der Waals surface area contributed by atoms with Crippen molar-refractivity contribution in [3.05, 3.63) is 40.2 Å². The Labute approximate surface area is 154 Å². The largest absolute Gasteiger partial charge is 0.279 e. The van der Waals surface area contributed by atoms with Crippen molar-refractivity contribution >= 4 is 53.0 Å². The molecule has 0 unspecified atom stereocenters. The smallest absolute Gasteiger partial charge is 0.271 e. The number of hydrogen-bond donors (Lipinski definition) is 2.